The number of benzene rings is 1. The SMILES string of the molecule is Cn1c(Cl)cnc1CNc1ccc(C(C)(C)C)cc1. The lowest BCUT2D eigenvalue weighted by Gasteiger charge is -2.19. The third-order valence-electron chi connectivity index (χ3n) is 3.23. The van der Waals surface area contributed by atoms with Gasteiger partial charge in [-0.2, -0.15) is 0 Å². The van der Waals surface area contributed by atoms with Crippen molar-refractivity contribution in [1.29, 1.82) is 0 Å². The van der Waals surface area contributed by atoms with Crippen LogP contribution in [0, 0.1) is 0 Å². The number of imidazole rings is 1. The maximum atomic E-state index is 5.95. The summed E-state index contributed by atoms with van der Waals surface area (Å²) in [5, 5.41) is 4.00. The Hall–Kier alpha value is -1.48. The Bertz CT molecular complexity index is 550. The zero-order chi connectivity index (χ0) is 14.0. The molecule has 0 unspecified atom stereocenters. The van der Waals surface area contributed by atoms with Crippen molar-refractivity contribution in [3.8, 4) is 0 Å². The van der Waals surface area contributed by atoms with Crippen molar-refractivity contribution in [2.24, 2.45) is 7.05 Å². The van der Waals surface area contributed by atoms with Gasteiger partial charge >= 0.3 is 0 Å². The number of hydrogen-bond acceptors (Lipinski definition) is 2. The Balaban J connectivity index is 2.03. The molecular weight excluding hydrogens is 258 g/mol. The van der Waals surface area contributed by atoms with Gasteiger partial charge in [0.05, 0.1) is 12.7 Å². The van der Waals surface area contributed by atoms with Crippen LogP contribution in [-0.2, 0) is 19.0 Å². The average molecular weight is 278 g/mol. The number of aromatic nitrogens is 2. The smallest absolute Gasteiger partial charge is 0.128 e. The predicted molar refractivity (Wildman–Crippen MR) is 80.7 cm³/mol. The highest BCUT2D eigenvalue weighted by Crippen LogP contribution is 2.23. The predicted octanol–water partition coefficient (Wildman–Crippen LogP) is 3.98. The molecule has 2 rings (SSSR count). The molecule has 0 amide bonds. The summed E-state index contributed by atoms with van der Waals surface area (Å²) in [6, 6.07) is 8.53. The second kappa shape index (κ2) is 5.25. The summed E-state index contributed by atoms with van der Waals surface area (Å²) in [4.78, 5) is 4.26. The molecule has 0 aliphatic carbocycles. The molecule has 0 bridgehead atoms. The van der Waals surface area contributed by atoms with E-state index in [1.54, 1.807) is 6.20 Å². The highest BCUT2D eigenvalue weighted by Gasteiger charge is 2.12. The first-order valence-corrected chi connectivity index (χ1v) is 6.76. The zero-order valence-electron chi connectivity index (χ0n) is 11.9. The first-order chi connectivity index (χ1) is 8.88. The van der Waals surface area contributed by atoms with Crippen LogP contribution >= 0.6 is 11.6 Å². The molecule has 0 aliphatic rings. The molecule has 4 heteroatoms. The van der Waals surface area contributed by atoms with Crippen LogP contribution in [0.1, 0.15) is 32.2 Å². The summed E-state index contributed by atoms with van der Waals surface area (Å²) in [5.41, 5.74) is 2.61. The van der Waals surface area contributed by atoms with E-state index in [-0.39, 0.29) is 5.41 Å². The molecule has 1 aromatic carbocycles. The van der Waals surface area contributed by atoms with Crippen LogP contribution in [0.15, 0.2) is 30.5 Å². The lowest BCUT2D eigenvalue weighted by molar-refractivity contribution is 0.590. The lowest BCUT2D eigenvalue weighted by Crippen LogP contribution is -2.11. The average Bonchev–Trinajstić information content (AvgIpc) is 2.67. The van der Waals surface area contributed by atoms with Crippen LogP contribution in [0.2, 0.25) is 5.15 Å². The van der Waals surface area contributed by atoms with Gasteiger partial charge in [-0.3, -0.25) is 0 Å². The van der Waals surface area contributed by atoms with Gasteiger partial charge in [0.2, 0.25) is 0 Å². The molecule has 2 aromatic rings. The van der Waals surface area contributed by atoms with Crippen LogP contribution in [0.25, 0.3) is 0 Å². The fourth-order valence-electron chi connectivity index (χ4n) is 1.86. The third-order valence-corrected chi connectivity index (χ3v) is 3.58. The van der Waals surface area contributed by atoms with E-state index in [1.165, 1.54) is 5.56 Å². The highest BCUT2D eigenvalue weighted by atomic mass is 35.5. The van der Waals surface area contributed by atoms with E-state index in [0.717, 1.165) is 11.5 Å². The van der Waals surface area contributed by atoms with E-state index >= 15 is 0 Å². The first kappa shape index (κ1) is 13.9. The van der Waals surface area contributed by atoms with Gasteiger partial charge in [-0.25, -0.2) is 4.98 Å². The minimum absolute atomic E-state index is 0.186. The third kappa shape index (κ3) is 3.29. The minimum atomic E-state index is 0.186. The number of rotatable bonds is 3. The number of hydrogen-bond donors (Lipinski definition) is 1. The van der Waals surface area contributed by atoms with Crippen molar-refractivity contribution < 1.29 is 0 Å². The van der Waals surface area contributed by atoms with Gasteiger partial charge in [-0.1, -0.05) is 44.5 Å². The molecule has 0 saturated carbocycles. The van der Waals surface area contributed by atoms with Crippen LogP contribution in [0.5, 0.6) is 0 Å². The Kier molecular flexibility index (Phi) is 3.85. The van der Waals surface area contributed by atoms with Gasteiger partial charge < -0.3 is 9.88 Å². The molecule has 0 atom stereocenters. The summed E-state index contributed by atoms with van der Waals surface area (Å²) in [6.07, 6.45) is 1.67. The fraction of sp³-hybridized carbons (Fsp3) is 0.400. The highest BCUT2D eigenvalue weighted by molar-refractivity contribution is 6.29. The molecule has 1 aromatic heterocycles. The molecule has 1 N–H and O–H groups in total. The molecular formula is C15H20ClN3. The second-order valence-electron chi connectivity index (χ2n) is 5.74. The van der Waals surface area contributed by atoms with Crippen LogP contribution in [0.4, 0.5) is 5.69 Å². The van der Waals surface area contributed by atoms with Crippen molar-refractivity contribution in [1.82, 2.24) is 9.55 Å². The van der Waals surface area contributed by atoms with E-state index in [4.69, 9.17) is 11.6 Å². The van der Waals surface area contributed by atoms with E-state index in [2.05, 4.69) is 55.3 Å². The fourth-order valence-corrected chi connectivity index (χ4v) is 2.00. The summed E-state index contributed by atoms with van der Waals surface area (Å²) in [7, 11) is 1.91. The number of anilines is 1. The van der Waals surface area contributed by atoms with E-state index < -0.39 is 0 Å². The summed E-state index contributed by atoms with van der Waals surface area (Å²) >= 11 is 5.95. The standard InChI is InChI=1S/C15H20ClN3/c1-15(2,3)11-5-7-12(8-6-11)17-10-14-18-9-13(16)19(14)4/h5-9,17H,10H2,1-4H3. The zero-order valence-corrected chi connectivity index (χ0v) is 12.6. The molecule has 0 fully saturated rings. The molecule has 0 spiro atoms. The van der Waals surface area contributed by atoms with Crippen molar-refractivity contribution >= 4 is 17.3 Å². The molecule has 1 heterocycles. The first-order valence-electron chi connectivity index (χ1n) is 6.38. The minimum Gasteiger partial charge on any atom is -0.378 e. The van der Waals surface area contributed by atoms with Gasteiger partial charge in [-0.15, -0.1) is 0 Å². The Labute approximate surface area is 119 Å². The van der Waals surface area contributed by atoms with Crippen LogP contribution in [0.3, 0.4) is 0 Å². The van der Waals surface area contributed by atoms with Crippen molar-refractivity contribution in [3.63, 3.8) is 0 Å². The molecule has 0 saturated heterocycles. The quantitative estimate of drug-likeness (QED) is 0.920. The Morgan fingerprint density at radius 3 is 2.32 bits per heavy atom. The molecule has 0 aliphatic heterocycles. The van der Waals surface area contributed by atoms with E-state index in [1.807, 2.05) is 11.6 Å². The largest absolute Gasteiger partial charge is 0.378 e. The van der Waals surface area contributed by atoms with Crippen LogP contribution < -0.4 is 5.32 Å². The van der Waals surface area contributed by atoms with Gasteiger partial charge in [-0.05, 0) is 23.1 Å². The second-order valence-corrected chi connectivity index (χ2v) is 6.12. The maximum absolute atomic E-state index is 5.95. The van der Waals surface area contributed by atoms with Crippen molar-refractivity contribution in [3.05, 3.63) is 47.0 Å². The van der Waals surface area contributed by atoms with Crippen LogP contribution in [-0.4, -0.2) is 9.55 Å². The van der Waals surface area contributed by atoms with Crippen molar-refractivity contribution in [2.75, 3.05) is 5.32 Å². The summed E-state index contributed by atoms with van der Waals surface area (Å²) in [5.74, 6) is 0.921. The molecule has 19 heavy (non-hydrogen) atoms. The van der Waals surface area contributed by atoms with Gasteiger partial charge in [0, 0.05) is 12.7 Å². The normalized spacial score (nSPS) is 11.6. The number of nitrogens with zero attached hydrogens (tertiary/aromatic N) is 2. The monoisotopic (exact) mass is 277 g/mol. The van der Waals surface area contributed by atoms with Gasteiger partial charge in [0.1, 0.15) is 11.0 Å². The van der Waals surface area contributed by atoms with E-state index in [0.29, 0.717) is 11.7 Å². The van der Waals surface area contributed by atoms with Crippen molar-refractivity contribution in [2.45, 2.75) is 32.7 Å². The summed E-state index contributed by atoms with van der Waals surface area (Å²) in [6.45, 7) is 7.31. The Morgan fingerprint density at radius 2 is 1.84 bits per heavy atom. The molecule has 0 radical (unpaired) electrons. The van der Waals surface area contributed by atoms with Gasteiger partial charge in [0.25, 0.3) is 0 Å². The number of nitrogens with one attached hydrogen (secondary N) is 1. The Morgan fingerprint density at radius 1 is 1.21 bits per heavy atom. The summed E-state index contributed by atoms with van der Waals surface area (Å²) < 4.78 is 1.87. The molecule has 3 nitrogen and oxygen atoms in total. The van der Waals surface area contributed by atoms with E-state index in [9.17, 15) is 0 Å². The topological polar surface area (TPSA) is 29.9 Å². The number of halogens is 1. The maximum Gasteiger partial charge on any atom is 0.128 e. The lowest BCUT2D eigenvalue weighted by atomic mass is 9.87. The van der Waals surface area contributed by atoms with Gasteiger partial charge in [0.15, 0.2) is 0 Å². The molecule has 102 valence electrons.